The summed E-state index contributed by atoms with van der Waals surface area (Å²) >= 11 is 1.68. The number of rotatable bonds is 4. The Bertz CT molecular complexity index is 831. The average Bonchev–Trinajstić information content (AvgIpc) is 2.88. The van der Waals surface area contributed by atoms with E-state index in [0.29, 0.717) is 5.82 Å². The molecule has 3 aromatic rings. The molecule has 1 unspecified atom stereocenters. The lowest BCUT2D eigenvalue weighted by molar-refractivity contribution is 0.270. The van der Waals surface area contributed by atoms with Crippen molar-refractivity contribution in [3.63, 3.8) is 0 Å². The van der Waals surface area contributed by atoms with Gasteiger partial charge in [-0.1, -0.05) is 0 Å². The number of aromatic nitrogens is 3. The molecule has 0 aliphatic rings. The molecule has 1 N–H and O–H groups in total. The quantitative estimate of drug-likeness (QED) is 0.797. The largest absolute Gasteiger partial charge is 0.394 e. The van der Waals surface area contributed by atoms with Gasteiger partial charge in [-0.3, -0.25) is 4.98 Å². The number of hydrogen-bond acceptors (Lipinski definition) is 6. The van der Waals surface area contributed by atoms with Gasteiger partial charge in [0.05, 0.1) is 18.0 Å². The van der Waals surface area contributed by atoms with Crippen molar-refractivity contribution in [3.8, 4) is 11.4 Å². The summed E-state index contributed by atoms with van der Waals surface area (Å²) in [4.78, 5) is 17.9. The standard InChI is InChI=1S/C17H20N4OS/c1-10(9-22)21(4)16-14-11(2)12(3)23-17(14)20-15(19-16)13-6-5-7-18-8-13/h5-8,10,22H,9H2,1-4H3. The van der Waals surface area contributed by atoms with Crippen LogP contribution in [-0.2, 0) is 0 Å². The highest BCUT2D eigenvalue weighted by atomic mass is 32.1. The van der Waals surface area contributed by atoms with Crippen molar-refractivity contribution < 1.29 is 5.11 Å². The van der Waals surface area contributed by atoms with Gasteiger partial charge < -0.3 is 10.0 Å². The van der Waals surface area contributed by atoms with Gasteiger partial charge >= 0.3 is 0 Å². The van der Waals surface area contributed by atoms with Crippen LogP contribution in [-0.4, -0.2) is 39.8 Å². The van der Waals surface area contributed by atoms with E-state index in [9.17, 15) is 5.11 Å². The smallest absolute Gasteiger partial charge is 0.164 e. The molecule has 0 saturated carbocycles. The third kappa shape index (κ3) is 2.80. The molecule has 0 aliphatic carbocycles. The summed E-state index contributed by atoms with van der Waals surface area (Å²) in [7, 11) is 1.96. The van der Waals surface area contributed by atoms with Crippen LogP contribution >= 0.6 is 11.3 Å². The highest BCUT2D eigenvalue weighted by molar-refractivity contribution is 7.18. The first kappa shape index (κ1) is 15.8. The minimum Gasteiger partial charge on any atom is -0.394 e. The highest BCUT2D eigenvalue weighted by Crippen LogP contribution is 2.36. The van der Waals surface area contributed by atoms with Crippen molar-refractivity contribution in [1.29, 1.82) is 0 Å². The number of pyridine rings is 1. The Labute approximate surface area is 139 Å². The SMILES string of the molecule is Cc1sc2nc(-c3cccnc3)nc(N(C)C(C)CO)c2c1C. The molecule has 3 heterocycles. The first-order valence-electron chi connectivity index (χ1n) is 7.54. The first-order chi connectivity index (χ1) is 11.0. The van der Waals surface area contributed by atoms with Gasteiger partial charge in [0.15, 0.2) is 5.82 Å². The molecule has 0 aliphatic heterocycles. The molecule has 6 heteroatoms. The summed E-state index contributed by atoms with van der Waals surface area (Å²) in [5.74, 6) is 1.52. The summed E-state index contributed by atoms with van der Waals surface area (Å²) in [6.45, 7) is 6.26. The van der Waals surface area contributed by atoms with Crippen molar-refractivity contribution in [2.75, 3.05) is 18.6 Å². The summed E-state index contributed by atoms with van der Waals surface area (Å²) in [5.41, 5.74) is 2.10. The normalized spacial score (nSPS) is 12.6. The second-order valence-corrected chi connectivity index (χ2v) is 6.92. The number of likely N-dealkylation sites (N-methyl/N-ethyl adjacent to an activating group) is 1. The zero-order chi connectivity index (χ0) is 16.6. The Hall–Kier alpha value is -2.05. The monoisotopic (exact) mass is 328 g/mol. The van der Waals surface area contributed by atoms with Gasteiger partial charge in [0.1, 0.15) is 10.6 Å². The second-order valence-electron chi connectivity index (χ2n) is 5.72. The molecule has 0 saturated heterocycles. The number of nitrogens with zero attached hydrogens (tertiary/aromatic N) is 4. The lowest BCUT2D eigenvalue weighted by Gasteiger charge is -2.25. The van der Waals surface area contributed by atoms with Gasteiger partial charge in [0.25, 0.3) is 0 Å². The topological polar surface area (TPSA) is 62.1 Å². The molecular formula is C17H20N4OS. The zero-order valence-electron chi connectivity index (χ0n) is 13.7. The van der Waals surface area contributed by atoms with Crippen LogP contribution in [0.4, 0.5) is 5.82 Å². The maximum atomic E-state index is 9.51. The number of aryl methyl sites for hydroxylation is 2. The molecule has 0 amide bonds. The third-order valence-corrected chi connectivity index (χ3v) is 5.29. The summed E-state index contributed by atoms with van der Waals surface area (Å²) in [5, 5.41) is 10.6. The van der Waals surface area contributed by atoms with Crippen LogP contribution in [0.1, 0.15) is 17.4 Å². The number of aliphatic hydroxyl groups excluding tert-OH is 1. The molecule has 23 heavy (non-hydrogen) atoms. The van der Waals surface area contributed by atoms with E-state index in [1.54, 1.807) is 23.7 Å². The van der Waals surface area contributed by atoms with Gasteiger partial charge in [-0.2, -0.15) is 0 Å². The minimum absolute atomic E-state index is 0.0190. The Balaban J connectivity index is 2.26. The molecular weight excluding hydrogens is 308 g/mol. The fourth-order valence-corrected chi connectivity index (χ4v) is 3.46. The molecule has 0 spiro atoms. The van der Waals surface area contributed by atoms with Crippen LogP contribution in [0.5, 0.6) is 0 Å². The van der Waals surface area contributed by atoms with E-state index in [0.717, 1.165) is 21.6 Å². The van der Waals surface area contributed by atoms with E-state index in [4.69, 9.17) is 9.97 Å². The van der Waals surface area contributed by atoms with Crippen LogP contribution in [0.2, 0.25) is 0 Å². The molecule has 0 radical (unpaired) electrons. The van der Waals surface area contributed by atoms with Gasteiger partial charge in [-0.15, -0.1) is 11.3 Å². The predicted octanol–water partition coefficient (Wildman–Crippen LogP) is 3.19. The van der Waals surface area contributed by atoms with Gasteiger partial charge in [0.2, 0.25) is 0 Å². The van der Waals surface area contributed by atoms with Crippen LogP contribution in [0, 0.1) is 13.8 Å². The lowest BCUT2D eigenvalue weighted by Crippen LogP contribution is -2.32. The van der Waals surface area contributed by atoms with E-state index in [-0.39, 0.29) is 12.6 Å². The van der Waals surface area contributed by atoms with E-state index in [2.05, 4.69) is 18.8 Å². The van der Waals surface area contributed by atoms with E-state index in [1.807, 2.05) is 31.0 Å². The zero-order valence-corrected chi connectivity index (χ0v) is 14.6. The molecule has 0 bridgehead atoms. The summed E-state index contributed by atoms with van der Waals surface area (Å²) < 4.78 is 0. The maximum absolute atomic E-state index is 9.51. The number of fused-ring (bicyclic) bond motifs is 1. The van der Waals surface area contributed by atoms with E-state index >= 15 is 0 Å². The average molecular weight is 328 g/mol. The van der Waals surface area contributed by atoms with Crippen molar-refractivity contribution in [2.45, 2.75) is 26.8 Å². The fourth-order valence-electron chi connectivity index (χ4n) is 2.44. The Kier molecular flexibility index (Phi) is 4.28. The molecule has 120 valence electrons. The number of hydrogen-bond donors (Lipinski definition) is 1. The Morgan fingerprint density at radius 2 is 2.09 bits per heavy atom. The van der Waals surface area contributed by atoms with Crippen molar-refractivity contribution in [2.24, 2.45) is 0 Å². The molecule has 3 aromatic heterocycles. The highest BCUT2D eigenvalue weighted by Gasteiger charge is 2.20. The molecule has 1 atom stereocenters. The van der Waals surface area contributed by atoms with Crippen LogP contribution in [0.15, 0.2) is 24.5 Å². The Morgan fingerprint density at radius 3 is 2.74 bits per heavy atom. The van der Waals surface area contributed by atoms with Crippen molar-refractivity contribution in [1.82, 2.24) is 15.0 Å². The van der Waals surface area contributed by atoms with Crippen LogP contribution in [0.3, 0.4) is 0 Å². The van der Waals surface area contributed by atoms with Gasteiger partial charge in [-0.05, 0) is 38.5 Å². The third-order valence-electron chi connectivity index (χ3n) is 4.19. The lowest BCUT2D eigenvalue weighted by atomic mass is 10.1. The molecule has 0 fully saturated rings. The second kappa shape index (κ2) is 6.22. The number of anilines is 1. The van der Waals surface area contributed by atoms with Gasteiger partial charge in [-0.25, -0.2) is 9.97 Å². The predicted molar refractivity (Wildman–Crippen MR) is 95.1 cm³/mol. The summed E-state index contributed by atoms with van der Waals surface area (Å²) in [6.07, 6.45) is 3.51. The van der Waals surface area contributed by atoms with Crippen molar-refractivity contribution >= 4 is 27.4 Å². The maximum Gasteiger partial charge on any atom is 0.164 e. The number of aliphatic hydroxyl groups is 1. The Morgan fingerprint density at radius 1 is 1.30 bits per heavy atom. The minimum atomic E-state index is -0.0190. The van der Waals surface area contributed by atoms with Gasteiger partial charge in [0, 0.05) is 29.9 Å². The molecule has 0 aromatic carbocycles. The number of thiophene rings is 1. The fraction of sp³-hybridized carbons (Fsp3) is 0.353. The molecule has 3 rings (SSSR count). The van der Waals surface area contributed by atoms with Crippen molar-refractivity contribution in [3.05, 3.63) is 35.0 Å². The van der Waals surface area contributed by atoms with Crippen LogP contribution in [0.25, 0.3) is 21.6 Å². The summed E-state index contributed by atoms with van der Waals surface area (Å²) in [6, 6.07) is 3.82. The van der Waals surface area contributed by atoms with E-state index < -0.39 is 0 Å². The van der Waals surface area contributed by atoms with E-state index in [1.165, 1.54) is 10.4 Å². The first-order valence-corrected chi connectivity index (χ1v) is 8.36. The van der Waals surface area contributed by atoms with Crippen LogP contribution < -0.4 is 4.90 Å². The molecule has 5 nitrogen and oxygen atoms in total.